The fraction of sp³-hybridized carbons (Fsp3) is 0.227. The molecule has 0 unspecified atom stereocenters. The molecule has 0 fully saturated rings. The third-order valence-corrected chi connectivity index (χ3v) is 4.06. The molecule has 29 heavy (non-hydrogen) atoms. The molecule has 0 spiro atoms. The summed E-state index contributed by atoms with van der Waals surface area (Å²) < 4.78 is 13.7. The van der Waals surface area contributed by atoms with Crippen LogP contribution in [0.5, 0.6) is 0 Å². The van der Waals surface area contributed by atoms with Crippen molar-refractivity contribution in [3.63, 3.8) is 0 Å². The van der Waals surface area contributed by atoms with Crippen LogP contribution in [-0.2, 0) is 0 Å². The lowest BCUT2D eigenvalue weighted by Gasteiger charge is -1.97. The van der Waals surface area contributed by atoms with E-state index in [1.54, 1.807) is 19.2 Å². The third kappa shape index (κ3) is 6.88. The number of nitrogens with zero attached hydrogens (tertiary/aromatic N) is 6. The molecular weight excluding hydrogens is 367 g/mol. The van der Waals surface area contributed by atoms with Gasteiger partial charge in [0.2, 0.25) is 5.82 Å². The maximum atomic E-state index is 13.7. The van der Waals surface area contributed by atoms with Crippen molar-refractivity contribution in [3.05, 3.63) is 83.6 Å². The molecule has 0 saturated heterocycles. The highest BCUT2D eigenvalue weighted by molar-refractivity contribution is 5.50. The Bertz CT molecular complexity index is 998. The van der Waals surface area contributed by atoms with E-state index < -0.39 is 0 Å². The normalized spacial score (nSPS) is 12.4. The molecule has 0 aromatic carbocycles. The summed E-state index contributed by atoms with van der Waals surface area (Å²) in [5, 5.41) is 12.0. The van der Waals surface area contributed by atoms with E-state index in [2.05, 4.69) is 38.4 Å². The summed E-state index contributed by atoms with van der Waals surface area (Å²) in [5.74, 6) is 0.0390. The maximum absolute atomic E-state index is 13.7. The van der Waals surface area contributed by atoms with Crippen molar-refractivity contribution in [2.45, 2.75) is 34.6 Å². The number of allylic oxidation sites excluding steroid dienone is 6. The van der Waals surface area contributed by atoms with Gasteiger partial charge in [0.05, 0.1) is 5.70 Å². The first kappa shape index (κ1) is 21.8. The molecule has 0 saturated carbocycles. The molecule has 3 aromatic heterocycles. The van der Waals surface area contributed by atoms with Crippen LogP contribution in [0.3, 0.4) is 0 Å². The summed E-state index contributed by atoms with van der Waals surface area (Å²) in [5.41, 5.74) is 4.37. The van der Waals surface area contributed by atoms with Crippen molar-refractivity contribution >= 4 is 5.70 Å². The fourth-order valence-corrected chi connectivity index (χ4v) is 2.13. The number of aromatic nitrogens is 6. The first-order chi connectivity index (χ1) is 13.9. The third-order valence-electron chi connectivity index (χ3n) is 4.06. The number of halogens is 1. The predicted octanol–water partition coefficient (Wildman–Crippen LogP) is 5.11. The van der Waals surface area contributed by atoms with Crippen molar-refractivity contribution in [3.8, 4) is 11.5 Å². The highest BCUT2D eigenvalue weighted by Gasteiger charge is 2.07. The number of aryl methyl sites for hydroxylation is 2. The molecule has 0 radical (unpaired) electrons. The van der Waals surface area contributed by atoms with Gasteiger partial charge in [-0.2, -0.15) is 0 Å². The average molecular weight is 392 g/mol. The molecule has 7 heteroatoms. The van der Waals surface area contributed by atoms with Gasteiger partial charge in [-0.3, -0.25) is 9.97 Å². The first-order valence-corrected chi connectivity index (χ1v) is 9.19. The molecule has 0 bridgehead atoms. The van der Waals surface area contributed by atoms with E-state index in [0.717, 1.165) is 11.3 Å². The van der Waals surface area contributed by atoms with Crippen LogP contribution in [0.15, 0.2) is 72.4 Å². The van der Waals surface area contributed by atoms with Gasteiger partial charge in [0.25, 0.3) is 0 Å². The number of pyridine rings is 2. The van der Waals surface area contributed by atoms with E-state index in [1.165, 1.54) is 22.5 Å². The molecule has 6 nitrogen and oxygen atoms in total. The van der Waals surface area contributed by atoms with E-state index in [1.807, 2.05) is 51.2 Å². The van der Waals surface area contributed by atoms with Crippen LogP contribution in [0.1, 0.15) is 32.0 Å². The highest BCUT2D eigenvalue weighted by Crippen LogP contribution is 2.13. The molecule has 0 amide bonds. The van der Waals surface area contributed by atoms with E-state index in [0.29, 0.717) is 17.2 Å². The quantitative estimate of drug-likeness (QED) is 0.577. The van der Waals surface area contributed by atoms with Gasteiger partial charge in [-0.15, -0.1) is 15.0 Å². The lowest BCUT2D eigenvalue weighted by atomic mass is 10.2. The Hall–Kier alpha value is -3.48. The van der Waals surface area contributed by atoms with Crippen molar-refractivity contribution in [2.75, 3.05) is 0 Å². The summed E-state index contributed by atoms with van der Waals surface area (Å²) in [4.78, 5) is 9.50. The van der Waals surface area contributed by atoms with Gasteiger partial charge >= 0.3 is 0 Å². The summed E-state index contributed by atoms with van der Waals surface area (Å²) in [6, 6.07) is 9.44. The topological polar surface area (TPSA) is 69.4 Å². The minimum Gasteiger partial charge on any atom is -0.261 e. The molecule has 0 aliphatic rings. The van der Waals surface area contributed by atoms with E-state index in [4.69, 9.17) is 0 Å². The van der Waals surface area contributed by atoms with Crippen LogP contribution in [0, 0.1) is 13.8 Å². The molecule has 3 aromatic rings. The molecule has 3 heterocycles. The van der Waals surface area contributed by atoms with Crippen LogP contribution < -0.4 is 0 Å². The van der Waals surface area contributed by atoms with Crippen molar-refractivity contribution in [1.82, 2.24) is 30.2 Å². The van der Waals surface area contributed by atoms with Crippen molar-refractivity contribution in [1.29, 1.82) is 0 Å². The van der Waals surface area contributed by atoms with Gasteiger partial charge in [-0.1, -0.05) is 23.8 Å². The van der Waals surface area contributed by atoms with Crippen LogP contribution in [0.25, 0.3) is 17.2 Å². The second-order valence-electron chi connectivity index (χ2n) is 6.37. The van der Waals surface area contributed by atoms with Gasteiger partial charge in [0.15, 0.2) is 0 Å². The zero-order chi connectivity index (χ0) is 21.2. The Morgan fingerprint density at radius 1 is 1.00 bits per heavy atom. The Balaban J connectivity index is 0.000000313. The lowest BCUT2D eigenvalue weighted by Crippen LogP contribution is -1.99. The van der Waals surface area contributed by atoms with Crippen LogP contribution >= 0.6 is 0 Å². The maximum Gasteiger partial charge on any atom is 0.223 e. The van der Waals surface area contributed by atoms with Crippen LogP contribution in [-0.4, -0.2) is 30.2 Å². The zero-order valence-electron chi connectivity index (χ0n) is 17.3. The highest BCUT2D eigenvalue weighted by atomic mass is 19.1. The second-order valence-corrected chi connectivity index (χ2v) is 6.37. The zero-order valence-corrected chi connectivity index (χ0v) is 17.3. The number of hydrogen-bond acceptors (Lipinski definition) is 5. The van der Waals surface area contributed by atoms with Crippen LogP contribution in [0.4, 0.5) is 4.39 Å². The average Bonchev–Trinajstić information content (AvgIpc) is 3.22. The summed E-state index contributed by atoms with van der Waals surface area (Å²) in [7, 11) is 0. The second kappa shape index (κ2) is 10.8. The largest absolute Gasteiger partial charge is 0.261 e. The number of tetrazole rings is 1. The van der Waals surface area contributed by atoms with Gasteiger partial charge in [-0.25, -0.2) is 4.39 Å². The number of rotatable bonds is 4. The van der Waals surface area contributed by atoms with Crippen LogP contribution in [0.2, 0.25) is 0 Å². The summed E-state index contributed by atoms with van der Waals surface area (Å²) >= 11 is 0. The standard InChI is InChI=1S/C15H16FN5.C7H9N/c1-4-11(2)9-13(16)10-12(3)21-19-15(18-20-21)14-7-5-6-8-17-14;1-6-4-3-5-8-7(6)2/h4-10H,1-3H3;3-5H,1-2H3/b11-4-,12-10+,13-9+;. The molecule has 0 aliphatic carbocycles. The minimum absolute atomic E-state index is 0.361. The fourth-order valence-electron chi connectivity index (χ4n) is 2.13. The molecular formula is C22H25FN6. The van der Waals surface area contributed by atoms with Gasteiger partial charge in [0, 0.05) is 18.1 Å². The Morgan fingerprint density at radius 3 is 2.34 bits per heavy atom. The lowest BCUT2D eigenvalue weighted by molar-refractivity contribution is 0.660. The summed E-state index contributed by atoms with van der Waals surface area (Å²) in [6.45, 7) is 9.46. The predicted molar refractivity (Wildman–Crippen MR) is 113 cm³/mol. The van der Waals surface area contributed by atoms with Gasteiger partial charge in [-0.05, 0) is 75.7 Å². The molecule has 0 N–H and O–H groups in total. The Labute approximate surface area is 170 Å². The SMILES string of the molecule is C\C=C(C)/C=C(F)\C=C(/C)n1nnc(-c2ccccn2)n1.Cc1cccnc1C. The summed E-state index contributed by atoms with van der Waals surface area (Å²) in [6.07, 6.45) is 8.09. The molecule has 3 rings (SSSR count). The van der Waals surface area contributed by atoms with Crippen molar-refractivity contribution < 1.29 is 4.39 Å². The molecule has 0 aliphatic heterocycles. The van der Waals surface area contributed by atoms with Crippen molar-refractivity contribution in [2.24, 2.45) is 0 Å². The van der Waals surface area contributed by atoms with E-state index >= 15 is 0 Å². The molecule has 150 valence electrons. The number of hydrogen-bond donors (Lipinski definition) is 0. The monoisotopic (exact) mass is 392 g/mol. The minimum atomic E-state index is -0.361. The van der Waals surface area contributed by atoms with Gasteiger partial charge in [0.1, 0.15) is 11.5 Å². The van der Waals surface area contributed by atoms with E-state index in [9.17, 15) is 4.39 Å². The first-order valence-electron chi connectivity index (χ1n) is 9.19. The molecule has 0 atom stereocenters. The Kier molecular flexibility index (Phi) is 8.09. The van der Waals surface area contributed by atoms with E-state index in [-0.39, 0.29) is 5.83 Å². The Morgan fingerprint density at radius 2 is 1.76 bits per heavy atom. The smallest absolute Gasteiger partial charge is 0.223 e. The van der Waals surface area contributed by atoms with Gasteiger partial charge < -0.3 is 0 Å².